The lowest BCUT2D eigenvalue weighted by atomic mass is 10.0. The Kier molecular flexibility index (Phi) is 12.5. The SMILES string of the molecule is COc1cccc(CN(C(=O)CN(c2cc(OC)ccc2OC)S(=O)(=O)c2ccccc2)[C@@H](Cc2ccccc2)C(=O)NCC(C)C)c1. The number of hydrogen-bond acceptors (Lipinski definition) is 7. The molecule has 0 radical (unpaired) electrons. The van der Waals surface area contributed by atoms with Gasteiger partial charge in [0.1, 0.15) is 29.8 Å². The van der Waals surface area contributed by atoms with Gasteiger partial charge in [-0.3, -0.25) is 13.9 Å². The Balaban J connectivity index is 1.86. The minimum atomic E-state index is -4.32. The van der Waals surface area contributed by atoms with E-state index in [0.717, 1.165) is 9.87 Å². The monoisotopic (exact) mass is 673 g/mol. The van der Waals surface area contributed by atoms with Gasteiger partial charge in [-0.25, -0.2) is 8.42 Å². The van der Waals surface area contributed by atoms with Crippen LogP contribution >= 0.6 is 0 Å². The normalized spacial score (nSPS) is 11.8. The first kappa shape index (κ1) is 35.8. The van der Waals surface area contributed by atoms with Gasteiger partial charge >= 0.3 is 0 Å². The quantitative estimate of drug-likeness (QED) is 0.171. The molecule has 48 heavy (non-hydrogen) atoms. The Morgan fingerprint density at radius 3 is 2.00 bits per heavy atom. The summed E-state index contributed by atoms with van der Waals surface area (Å²) >= 11 is 0. The maximum absolute atomic E-state index is 14.7. The van der Waals surface area contributed by atoms with Gasteiger partial charge in [-0.2, -0.15) is 0 Å². The fourth-order valence-electron chi connectivity index (χ4n) is 5.17. The Hall–Kier alpha value is -5.03. The summed E-state index contributed by atoms with van der Waals surface area (Å²) in [6.07, 6.45) is 0.203. The van der Waals surface area contributed by atoms with Gasteiger partial charge < -0.3 is 24.4 Å². The molecule has 0 spiro atoms. The van der Waals surface area contributed by atoms with E-state index in [-0.39, 0.29) is 41.1 Å². The smallest absolute Gasteiger partial charge is 0.264 e. The van der Waals surface area contributed by atoms with Gasteiger partial charge in [0, 0.05) is 25.6 Å². The highest BCUT2D eigenvalue weighted by atomic mass is 32.2. The van der Waals surface area contributed by atoms with E-state index in [1.54, 1.807) is 55.6 Å². The van der Waals surface area contributed by atoms with Gasteiger partial charge in [0.15, 0.2) is 0 Å². The van der Waals surface area contributed by atoms with Crippen molar-refractivity contribution in [1.82, 2.24) is 10.2 Å². The van der Waals surface area contributed by atoms with Crippen LogP contribution in [0.4, 0.5) is 5.69 Å². The molecule has 0 aromatic heterocycles. The van der Waals surface area contributed by atoms with E-state index in [4.69, 9.17) is 14.2 Å². The number of methoxy groups -OCH3 is 3. The number of carbonyl (C=O) groups is 2. The minimum absolute atomic E-state index is 0.0110. The second kappa shape index (κ2) is 16.7. The average molecular weight is 674 g/mol. The number of amides is 2. The van der Waals surface area contributed by atoms with Crippen molar-refractivity contribution in [2.45, 2.75) is 37.8 Å². The molecule has 1 N–H and O–H groups in total. The van der Waals surface area contributed by atoms with Crippen LogP contribution in [0.3, 0.4) is 0 Å². The van der Waals surface area contributed by atoms with E-state index in [2.05, 4.69) is 5.32 Å². The van der Waals surface area contributed by atoms with Gasteiger partial charge in [-0.15, -0.1) is 0 Å². The number of sulfonamides is 1. The Bertz CT molecular complexity index is 1770. The maximum atomic E-state index is 14.7. The van der Waals surface area contributed by atoms with E-state index in [9.17, 15) is 18.0 Å². The molecular formula is C37H43N3O7S. The molecule has 4 aromatic carbocycles. The van der Waals surface area contributed by atoms with E-state index < -0.39 is 28.5 Å². The van der Waals surface area contributed by atoms with Crippen LogP contribution in [-0.2, 0) is 32.6 Å². The van der Waals surface area contributed by atoms with E-state index in [0.29, 0.717) is 23.6 Å². The molecule has 0 bridgehead atoms. The lowest BCUT2D eigenvalue weighted by Crippen LogP contribution is -2.53. The van der Waals surface area contributed by atoms with Crippen molar-refractivity contribution in [2.24, 2.45) is 5.92 Å². The van der Waals surface area contributed by atoms with Crippen molar-refractivity contribution in [3.63, 3.8) is 0 Å². The lowest BCUT2D eigenvalue weighted by molar-refractivity contribution is -0.140. The fourth-order valence-corrected chi connectivity index (χ4v) is 6.61. The third kappa shape index (κ3) is 9.07. The number of nitrogens with one attached hydrogen (secondary N) is 1. The van der Waals surface area contributed by atoms with Crippen molar-refractivity contribution in [2.75, 3.05) is 38.7 Å². The van der Waals surface area contributed by atoms with Crippen LogP contribution in [0.1, 0.15) is 25.0 Å². The molecule has 1 atom stereocenters. The van der Waals surface area contributed by atoms with Crippen molar-refractivity contribution < 1.29 is 32.2 Å². The number of hydrogen-bond donors (Lipinski definition) is 1. The summed E-state index contributed by atoms with van der Waals surface area (Å²) in [5.41, 5.74) is 1.65. The minimum Gasteiger partial charge on any atom is -0.497 e. The first-order chi connectivity index (χ1) is 23.1. The summed E-state index contributed by atoms with van der Waals surface area (Å²) in [4.78, 5) is 30.1. The second-order valence-corrected chi connectivity index (χ2v) is 13.4. The Morgan fingerprint density at radius 1 is 0.750 bits per heavy atom. The molecule has 0 heterocycles. The predicted molar refractivity (Wildman–Crippen MR) is 186 cm³/mol. The Morgan fingerprint density at radius 2 is 1.38 bits per heavy atom. The van der Waals surface area contributed by atoms with Gasteiger partial charge in [0.25, 0.3) is 10.0 Å². The van der Waals surface area contributed by atoms with E-state index in [1.807, 2.05) is 50.2 Å². The molecule has 0 fully saturated rings. The molecule has 0 aliphatic rings. The number of anilines is 1. The zero-order valence-electron chi connectivity index (χ0n) is 28.0. The van der Waals surface area contributed by atoms with Gasteiger partial charge in [-0.1, -0.05) is 74.5 Å². The average Bonchev–Trinajstić information content (AvgIpc) is 3.11. The topological polar surface area (TPSA) is 114 Å². The zero-order chi connectivity index (χ0) is 34.7. The van der Waals surface area contributed by atoms with Gasteiger partial charge in [-0.05, 0) is 53.4 Å². The zero-order valence-corrected chi connectivity index (χ0v) is 28.8. The van der Waals surface area contributed by atoms with Crippen molar-refractivity contribution in [3.8, 4) is 17.2 Å². The van der Waals surface area contributed by atoms with Crippen LogP contribution in [0.5, 0.6) is 17.2 Å². The summed E-state index contributed by atoms with van der Waals surface area (Å²) in [5.74, 6) is 0.398. The van der Waals surface area contributed by atoms with Crippen molar-refractivity contribution in [3.05, 3.63) is 114 Å². The van der Waals surface area contributed by atoms with Crippen LogP contribution in [0.25, 0.3) is 0 Å². The van der Waals surface area contributed by atoms with Crippen LogP contribution in [0.15, 0.2) is 108 Å². The molecule has 10 nitrogen and oxygen atoms in total. The third-order valence-corrected chi connectivity index (χ3v) is 9.48. The summed E-state index contributed by atoms with van der Waals surface area (Å²) in [7, 11) is 0.115. The highest BCUT2D eigenvalue weighted by Gasteiger charge is 2.36. The van der Waals surface area contributed by atoms with Crippen molar-refractivity contribution >= 4 is 27.5 Å². The maximum Gasteiger partial charge on any atom is 0.264 e. The van der Waals surface area contributed by atoms with Crippen molar-refractivity contribution in [1.29, 1.82) is 0 Å². The first-order valence-corrected chi connectivity index (χ1v) is 17.0. The second-order valence-electron chi connectivity index (χ2n) is 11.6. The number of nitrogens with zero attached hydrogens (tertiary/aromatic N) is 2. The summed E-state index contributed by atoms with van der Waals surface area (Å²) in [5, 5.41) is 2.99. The Labute approximate surface area is 283 Å². The van der Waals surface area contributed by atoms with Crippen LogP contribution < -0.4 is 23.8 Å². The highest BCUT2D eigenvalue weighted by molar-refractivity contribution is 7.92. The number of carbonyl (C=O) groups excluding carboxylic acids is 2. The molecule has 0 saturated heterocycles. The summed E-state index contributed by atoms with van der Waals surface area (Å²) in [6, 6.07) is 28.2. The van der Waals surface area contributed by atoms with Crippen LogP contribution in [0.2, 0.25) is 0 Å². The highest BCUT2D eigenvalue weighted by Crippen LogP contribution is 2.36. The standard InChI is InChI=1S/C37H43N3O7S/c1-27(2)24-38-37(42)34(22-28-13-8-6-9-14-28)39(25-29-15-12-16-30(21-29)45-3)36(41)26-40(48(43,44)32-17-10-7-11-18-32)33-23-31(46-4)19-20-35(33)47-5/h6-21,23,27,34H,22,24-26H2,1-5H3,(H,38,42)/t34-/m0/s1. The molecule has 0 aliphatic heterocycles. The molecule has 0 aliphatic carbocycles. The first-order valence-electron chi connectivity index (χ1n) is 15.6. The fraction of sp³-hybridized carbons (Fsp3) is 0.297. The number of rotatable bonds is 16. The molecule has 11 heteroatoms. The largest absolute Gasteiger partial charge is 0.497 e. The van der Waals surface area contributed by atoms with Gasteiger partial charge in [0.2, 0.25) is 11.8 Å². The molecule has 4 rings (SSSR count). The molecule has 2 amide bonds. The molecule has 0 saturated carbocycles. The number of benzene rings is 4. The molecular weight excluding hydrogens is 630 g/mol. The van der Waals surface area contributed by atoms with Crippen LogP contribution in [-0.4, -0.2) is 65.6 Å². The summed E-state index contributed by atoms with van der Waals surface area (Å²) < 4.78 is 46.1. The van der Waals surface area contributed by atoms with E-state index >= 15 is 0 Å². The number of ether oxygens (including phenoxy) is 3. The van der Waals surface area contributed by atoms with E-state index in [1.165, 1.54) is 37.3 Å². The molecule has 0 unspecified atom stereocenters. The van der Waals surface area contributed by atoms with Crippen LogP contribution in [0, 0.1) is 5.92 Å². The molecule has 4 aromatic rings. The summed E-state index contributed by atoms with van der Waals surface area (Å²) in [6.45, 7) is 3.75. The van der Waals surface area contributed by atoms with Gasteiger partial charge in [0.05, 0.1) is 31.9 Å². The molecule has 254 valence electrons. The third-order valence-electron chi connectivity index (χ3n) is 7.71. The lowest BCUT2D eigenvalue weighted by Gasteiger charge is -2.34. The predicted octanol–water partition coefficient (Wildman–Crippen LogP) is 5.32.